The second kappa shape index (κ2) is 7.71. The smallest absolute Gasteiger partial charge is 0.123 e. The topological polar surface area (TPSA) is 21.3 Å². The molecule has 20 heavy (non-hydrogen) atoms. The van der Waals surface area contributed by atoms with E-state index in [1.165, 1.54) is 11.1 Å². The Morgan fingerprint density at radius 2 is 1.70 bits per heavy atom. The van der Waals surface area contributed by atoms with Crippen molar-refractivity contribution in [3.8, 4) is 5.75 Å². The second-order valence-corrected chi connectivity index (χ2v) is 5.09. The fourth-order valence-electron chi connectivity index (χ4n) is 2.34. The number of rotatable bonds is 7. The molecule has 106 valence electrons. The third kappa shape index (κ3) is 4.10. The van der Waals surface area contributed by atoms with Crippen LogP contribution in [0.2, 0.25) is 0 Å². The Balaban J connectivity index is 1.76. The SMILES string of the molecule is COc1ccccc1CNCCC(C)c1ccccc1. The van der Waals surface area contributed by atoms with E-state index in [1.807, 2.05) is 18.2 Å². The lowest BCUT2D eigenvalue weighted by molar-refractivity contribution is 0.407. The highest BCUT2D eigenvalue weighted by Gasteiger charge is 2.05. The van der Waals surface area contributed by atoms with Crippen LogP contribution in [0.5, 0.6) is 5.75 Å². The zero-order valence-corrected chi connectivity index (χ0v) is 12.3. The number of benzene rings is 2. The molecule has 0 radical (unpaired) electrons. The summed E-state index contributed by atoms with van der Waals surface area (Å²) in [5, 5.41) is 3.50. The lowest BCUT2D eigenvalue weighted by atomic mass is 9.98. The van der Waals surface area contributed by atoms with Crippen molar-refractivity contribution in [2.45, 2.75) is 25.8 Å². The zero-order valence-electron chi connectivity index (χ0n) is 12.3. The first kappa shape index (κ1) is 14.6. The summed E-state index contributed by atoms with van der Waals surface area (Å²) in [5.74, 6) is 1.54. The van der Waals surface area contributed by atoms with Crippen LogP contribution in [0.15, 0.2) is 54.6 Å². The first-order chi connectivity index (χ1) is 9.81. The number of methoxy groups -OCH3 is 1. The Labute approximate surface area is 121 Å². The van der Waals surface area contributed by atoms with Gasteiger partial charge in [-0.05, 0) is 30.5 Å². The maximum atomic E-state index is 5.35. The molecule has 0 saturated heterocycles. The Kier molecular flexibility index (Phi) is 5.63. The molecule has 0 fully saturated rings. The average Bonchev–Trinajstić information content (AvgIpc) is 2.52. The molecule has 0 amide bonds. The molecular formula is C18H23NO. The standard InChI is InChI=1S/C18H23NO/c1-15(16-8-4-3-5-9-16)12-13-19-14-17-10-6-7-11-18(17)20-2/h3-11,15,19H,12-14H2,1-2H3. The van der Waals surface area contributed by atoms with Gasteiger partial charge in [0, 0.05) is 12.1 Å². The van der Waals surface area contributed by atoms with Crippen LogP contribution in [0, 0.1) is 0 Å². The van der Waals surface area contributed by atoms with E-state index in [0.29, 0.717) is 5.92 Å². The summed E-state index contributed by atoms with van der Waals surface area (Å²) in [6, 6.07) is 18.8. The van der Waals surface area contributed by atoms with Gasteiger partial charge in [-0.1, -0.05) is 55.5 Å². The molecule has 0 saturated carbocycles. The van der Waals surface area contributed by atoms with E-state index in [2.05, 4.69) is 48.6 Å². The third-order valence-electron chi connectivity index (χ3n) is 3.63. The van der Waals surface area contributed by atoms with E-state index in [4.69, 9.17) is 4.74 Å². The van der Waals surface area contributed by atoms with Gasteiger partial charge in [0.1, 0.15) is 5.75 Å². The van der Waals surface area contributed by atoms with E-state index in [1.54, 1.807) is 7.11 Å². The van der Waals surface area contributed by atoms with Crippen molar-refractivity contribution in [2.75, 3.05) is 13.7 Å². The maximum Gasteiger partial charge on any atom is 0.123 e. The van der Waals surface area contributed by atoms with Crippen LogP contribution in [-0.2, 0) is 6.54 Å². The number of nitrogens with one attached hydrogen (secondary N) is 1. The summed E-state index contributed by atoms with van der Waals surface area (Å²) in [4.78, 5) is 0. The summed E-state index contributed by atoms with van der Waals surface area (Å²) < 4.78 is 5.35. The molecule has 0 aromatic heterocycles. The minimum absolute atomic E-state index is 0.585. The fraction of sp³-hybridized carbons (Fsp3) is 0.333. The van der Waals surface area contributed by atoms with Gasteiger partial charge in [0.25, 0.3) is 0 Å². The number of hydrogen-bond acceptors (Lipinski definition) is 2. The number of hydrogen-bond donors (Lipinski definition) is 1. The molecule has 0 aliphatic heterocycles. The molecule has 2 heteroatoms. The molecule has 1 unspecified atom stereocenters. The first-order valence-electron chi connectivity index (χ1n) is 7.19. The van der Waals surface area contributed by atoms with Crippen molar-refractivity contribution in [1.29, 1.82) is 0 Å². The van der Waals surface area contributed by atoms with Gasteiger partial charge in [-0.15, -0.1) is 0 Å². The minimum atomic E-state index is 0.585. The van der Waals surface area contributed by atoms with Gasteiger partial charge in [0.2, 0.25) is 0 Å². The minimum Gasteiger partial charge on any atom is -0.496 e. The highest BCUT2D eigenvalue weighted by atomic mass is 16.5. The molecular weight excluding hydrogens is 246 g/mol. The molecule has 0 spiro atoms. The molecule has 1 N–H and O–H groups in total. The summed E-state index contributed by atoms with van der Waals surface area (Å²) in [6.07, 6.45) is 1.14. The molecule has 2 aromatic rings. The summed E-state index contributed by atoms with van der Waals surface area (Å²) in [5.41, 5.74) is 2.62. The van der Waals surface area contributed by atoms with Crippen molar-refractivity contribution in [3.05, 3.63) is 65.7 Å². The van der Waals surface area contributed by atoms with Gasteiger partial charge >= 0.3 is 0 Å². The number of para-hydroxylation sites is 1. The van der Waals surface area contributed by atoms with E-state index in [-0.39, 0.29) is 0 Å². The van der Waals surface area contributed by atoms with E-state index < -0.39 is 0 Å². The normalized spacial score (nSPS) is 12.1. The lowest BCUT2D eigenvalue weighted by Crippen LogP contribution is -2.17. The van der Waals surface area contributed by atoms with Gasteiger partial charge in [0.05, 0.1) is 7.11 Å². The molecule has 0 aliphatic carbocycles. The van der Waals surface area contributed by atoms with Crippen molar-refractivity contribution in [3.63, 3.8) is 0 Å². The fourth-order valence-corrected chi connectivity index (χ4v) is 2.34. The molecule has 0 aliphatic rings. The summed E-state index contributed by atoms with van der Waals surface area (Å²) >= 11 is 0. The first-order valence-corrected chi connectivity index (χ1v) is 7.19. The van der Waals surface area contributed by atoms with E-state index >= 15 is 0 Å². The van der Waals surface area contributed by atoms with Crippen LogP contribution in [-0.4, -0.2) is 13.7 Å². The Morgan fingerprint density at radius 3 is 2.45 bits per heavy atom. The quantitative estimate of drug-likeness (QED) is 0.768. The summed E-state index contributed by atoms with van der Waals surface area (Å²) in [6.45, 7) is 4.14. The lowest BCUT2D eigenvalue weighted by Gasteiger charge is -2.13. The van der Waals surface area contributed by atoms with E-state index in [0.717, 1.165) is 25.3 Å². The molecule has 0 bridgehead atoms. The Hall–Kier alpha value is -1.80. The highest BCUT2D eigenvalue weighted by molar-refractivity contribution is 5.32. The van der Waals surface area contributed by atoms with Gasteiger partial charge < -0.3 is 10.1 Å². The van der Waals surface area contributed by atoms with Gasteiger partial charge in [-0.25, -0.2) is 0 Å². The van der Waals surface area contributed by atoms with Crippen LogP contribution in [0.25, 0.3) is 0 Å². The molecule has 0 heterocycles. The number of ether oxygens (including phenoxy) is 1. The van der Waals surface area contributed by atoms with E-state index in [9.17, 15) is 0 Å². The second-order valence-electron chi connectivity index (χ2n) is 5.09. The van der Waals surface area contributed by atoms with Crippen LogP contribution >= 0.6 is 0 Å². The van der Waals surface area contributed by atoms with Crippen molar-refractivity contribution in [2.24, 2.45) is 0 Å². The Bertz CT molecular complexity index is 510. The van der Waals surface area contributed by atoms with Crippen molar-refractivity contribution in [1.82, 2.24) is 5.32 Å². The third-order valence-corrected chi connectivity index (χ3v) is 3.63. The van der Waals surface area contributed by atoms with Gasteiger partial charge in [0.15, 0.2) is 0 Å². The van der Waals surface area contributed by atoms with Crippen LogP contribution in [0.4, 0.5) is 0 Å². The molecule has 2 nitrogen and oxygen atoms in total. The molecule has 1 atom stereocenters. The maximum absolute atomic E-state index is 5.35. The van der Waals surface area contributed by atoms with Crippen molar-refractivity contribution >= 4 is 0 Å². The highest BCUT2D eigenvalue weighted by Crippen LogP contribution is 2.19. The Morgan fingerprint density at radius 1 is 1.00 bits per heavy atom. The zero-order chi connectivity index (χ0) is 14.2. The van der Waals surface area contributed by atoms with Gasteiger partial charge in [-0.3, -0.25) is 0 Å². The summed E-state index contributed by atoms with van der Waals surface area (Å²) in [7, 11) is 1.72. The van der Waals surface area contributed by atoms with Crippen LogP contribution in [0.3, 0.4) is 0 Å². The van der Waals surface area contributed by atoms with Crippen molar-refractivity contribution < 1.29 is 4.74 Å². The molecule has 2 rings (SSSR count). The monoisotopic (exact) mass is 269 g/mol. The van der Waals surface area contributed by atoms with Crippen LogP contribution < -0.4 is 10.1 Å². The largest absolute Gasteiger partial charge is 0.496 e. The predicted octanol–water partition coefficient (Wildman–Crippen LogP) is 3.98. The van der Waals surface area contributed by atoms with Gasteiger partial charge in [-0.2, -0.15) is 0 Å². The average molecular weight is 269 g/mol. The predicted molar refractivity (Wildman–Crippen MR) is 84.2 cm³/mol. The molecule has 2 aromatic carbocycles. The van der Waals surface area contributed by atoms with Crippen LogP contribution in [0.1, 0.15) is 30.4 Å².